The first-order chi connectivity index (χ1) is 17.0. The topological polar surface area (TPSA) is 124 Å². The van der Waals surface area contributed by atoms with E-state index in [0.29, 0.717) is 29.3 Å². The monoisotopic (exact) mass is 501 g/mol. The van der Waals surface area contributed by atoms with Gasteiger partial charge in [0.1, 0.15) is 17.9 Å². The lowest BCUT2D eigenvalue weighted by molar-refractivity contribution is -0.142. The lowest BCUT2D eigenvalue weighted by Crippen LogP contribution is -2.38. The minimum absolute atomic E-state index is 0.133. The first-order valence-electron chi connectivity index (χ1n) is 12.3. The highest BCUT2D eigenvalue weighted by molar-refractivity contribution is 5.98. The third-order valence-electron chi connectivity index (χ3n) is 6.15. The number of nitrogens with zero attached hydrogens (tertiary/aromatic N) is 3. The Balaban J connectivity index is 1.79. The smallest absolute Gasteiger partial charge is 0.342 e. The summed E-state index contributed by atoms with van der Waals surface area (Å²) in [5.74, 6) is 5.88. The lowest BCUT2D eigenvalue weighted by atomic mass is 9.87. The van der Waals surface area contributed by atoms with Gasteiger partial charge in [0.2, 0.25) is 0 Å². The van der Waals surface area contributed by atoms with E-state index < -0.39 is 11.4 Å². The molecule has 198 valence electrons. The predicted molar refractivity (Wildman–Crippen MR) is 136 cm³/mol. The largest absolute Gasteiger partial charge is 0.492 e. The maximum Gasteiger partial charge on any atom is 0.342 e. The van der Waals surface area contributed by atoms with Crippen LogP contribution in [0.15, 0.2) is 47.4 Å². The molecule has 0 saturated carbocycles. The van der Waals surface area contributed by atoms with Crippen LogP contribution in [0, 0.1) is 5.41 Å². The van der Waals surface area contributed by atoms with Gasteiger partial charge in [0.05, 0.1) is 25.0 Å². The molecule has 0 spiro atoms. The summed E-state index contributed by atoms with van der Waals surface area (Å²) in [4.78, 5) is 30.3. The fraction of sp³-hybridized carbons (Fsp3) is 0.538. The third-order valence-corrected chi connectivity index (χ3v) is 6.15. The molecule has 0 unspecified atom stereocenters. The molecule has 10 heteroatoms. The third kappa shape index (κ3) is 6.77. The number of carbonyl (C=O) groups is 2. The average Bonchev–Trinajstić information content (AvgIpc) is 2.93. The van der Waals surface area contributed by atoms with E-state index in [2.05, 4.69) is 4.90 Å². The Morgan fingerprint density at radius 2 is 1.81 bits per heavy atom. The number of rotatable bonds is 8. The molecule has 2 heterocycles. The van der Waals surface area contributed by atoms with Crippen LogP contribution in [0.5, 0.6) is 5.75 Å². The Morgan fingerprint density at radius 3 is 2.39 bits per heavy atom. The number of amides is 1. The molecule has 1 amide bonds. The van der Waals surface area contributed by atoms with Gasteiger partial charge in [0.25, 0.3) is 5.91 Å². The molecule has 1 aromatic carbocycles. The Kier molecular flexibility index (Phi) is 8.99. The van der Waals surface area contributed by atoms with Crippen LogP contribution in [-0.4, -0.2) is 85.8 Å². The summed E-state index contributed by atoms with van der Waals surface area (Å²) in [6, 6.07) is 6.99. The van der Waals surface area contributed by atoms with Gasteiger partial charge in [-0.05, 0) is 38.1 Å². The maximum atomic E-state index is 13.5. The summed E-state index contributed by atoms with van der Waals surface area (Å²) in [7, 11) is 1.60. The first kappa shape index (κ1) is 27.5. The second-order valence-corrected chi connectivity index (χ2v) is 10.0. The molecule has 1 saturated heterocycles. The molecular formula is C26H39N5O5. The molecule has 10 nitrogen and oxygen atoms in total. The van der Waals surface area contributed by atoms with Crippen LogP contribution in [0.3, 0.4) is 0 Å². The Hall–Kier alpha value is -3.08. The van der Waals surface area contributed by atoms with Crippen molar-refractivity contribution in [3.8, 4) is 5.75 Å². The number of hydrogen-bond donors (Lipinski definition) is 2. The van der Waals surface area contributed by atoms with E-state index >= 15 is 0 Å². The second kappa shape index (κ2) is 11.8. The number of hydrazine groups is 1. The van der Waals surface area contributed by atoms with Crippen molar-refractivity contribution in [3.05, 3.63) is 53.0 Å². The molecule has 0 bridgehead atoms. The van der Waals surface area contributed by atoms with Crippen molar-refractivity contribution in [3.63, 3.8) is 0 Å². The van der Waals surface area contributed by atoms with Gasteiger partial charge in [-0.15, -0.1) is 0 Å². The molecule has 1 aromatic rings. The van der Waals surface area contributed by atoms with Crippen molar-refractivity contribution in [2.45, 2.75) is 33.8 Å². The van der Waals surface area contributed by atoms with Gasteiger partial charge in [-0.2, -0.15) is 0 Å². The highest BCUT2D eigenvalue weighted by atomic mass is 16.5. The summed E-state index contributed by atoms with van der Waals surface area (Å²) in [6.45, 7) is 12.3. The Labute approximate surface area is 213 Å². The van der Waals surface area contributed by atoms with Gasteiger partial charge in [-0.25, -0.2) is 10.6 Å². The Morgan fingerprint density at radius 1 is 1.17 bits per heavy atom. The molecule has 3 rings (SSSR count). The number of benzene rings is 1. The fourth-order valence-electron chi connectivity index (χ4n) is 4.15. The zero-order valence-corrected chi connectivity index (χ0v) is 22.0. The first-order valence-corrected chi connectivity index (χ1v) is 12.3. The lowest BCUT2D eigenvalue weighted by Gasteiger charge is -2.31. The number of likely N-dealkylation sites (N-methyl/N-ethyl adjacent to an activating group) is 1. The number of morpholine rings is 1. The van der Waals surface area contributed by atoms with Crippen molar-refractivity contribution >= 4 is 11.9 Å². The molecule has 0 atom stereocenters. The highest BCUT2D eigenvalue weighted by Crippen LogP contribution is 2.34. The van der Waals surface area contributed by atoms with Crippen molar-refractivity contribution in [1.29, 1.82) is 0 Å². The van der Waals surface area contributed by atoms with Crippen LogP contribution in [0.1, 0.15) is 38.1 Å². The summed E-state index contributed by atoms with van der Waals surface area (Å²) < 4.78 is 16.7. The summed E-state index contributed by atoms with van der Waals surface area (Å²) in [5.41, 5.74) is 7.16. The standard InChI is InChI=1S/C26H39N5O5/c1-18(2)36-25(33)21-16-31(17-26(3,4)23(27)22(21)29(5)28)24(32)19-6-8-20(9-7-19)35-15-12-30-10-13-34-14-11-30/h6-9,16,18H,10-15,17,27-28H2,1-5H3. The van der Waals surface area contributed by atoms with Crippen LogP contribution >= 0.6 is 0 Å². The summed E-state index contributed by atoms with van der Waals surface area (Å²) in [6.07, 6.45) is 1.14. The van der Waals surface area contributed by atoms with E-state index in [4.69, 9.17) is 25.8 Å². The van der Waals surface area contributed by atoms with E-state index in [-0.39, 0.29) is 24.1 Å². The Bertz CT molecular complexity index is 994. The number of carbonyl (C=O) groups excluding carboxylic acids is 2. The van der Waals surface area contributed by atoms with Gasteiger partial charge < -0.3 is 29.9 Å². The number of nitrogens with two attached hydrogens (primary N) is 2. The van der Waals surface area contributed by atoms with Gasteiger partial charge in [-0.1, -0.05) is 13.8 Å². The van der Waals surface area contributed by atoms with Gasteiger partial charge >= 0.3 is 5.97 Å². The minimum Gasteiger partial charge on any atom is -0.492 e. The van der Waals surface area contributed by atoms with Crippen LogP contribution in [-0.2, 0) is 14.3 Å². The molecule has 0 aromatic heterocycles. The van der Waals surface area contributed by atoms with E-state index in [1.807, 2.05) is 13.8 Å². The molecule has 2 aliphatic rings. The second-order valence-electron chi connectivity index (χ2n) is 10.0. The normalized spacial score (nSPS) is 18.5. The van der Waals surface area contributed by atoms with Crippen molar-refractivity contribution < 1.29 is 23.8 Å². The van der Waals surface area contributed by atoms with Gasteiger partial charge in [0, 0.05) is 56.1 Å². The van der Waals surface area contributed by atoms with E-state index in [1.54, 1.807) is 45.2 Å². The van der Waals surface area contributed by atoms with E-state index in [1.165, 1.54) is 16.1 Å². The number of ether oxygens (including phenoxy) is 3. The molecule has 2 aliphatic heterocycles. The zero-order valence-electron chi connectivity index (χ0n) is 22.0. The predicted octanol–water partition coefficient (Wildman–Crippen LogP) is 1.69. The van der Waals surface area contributed by atoms with Gasteiger partial charge in [0.15, 0.2) is 0 Å². The highest BCUT2D eigenvalue weighted by Gasteiger charge is 2.37. The maximum absolute atomic E-state index is 13.5. The van der Waals surface area contributed by atoms with Crippen LogP contribution in [0.4, 0.5) is 0 Å². The van der Waals surface area contributed by atoms with E-state index in [0.717, 1.165) is 32.8 Å². The molecule has 4 N–H and O–H groups in total. The van der Waals surface area contributed by atoms with Crippen molar-refractivity contribution in [2.24, 2.45) is 17.0 Å². The van der Waals surface area contributed by atoms with E-state index in [9.17, 15) is 9.59 Å². The molecular weight excluding hydrogens is 462 g/mol. The van der Waals surface area contributed by atoms with Crippen LogP contribution < -0.4 is 16.3 Å². The fourth-order valence-corrected chi connectivity index (χ4v) is 4.15. The quantitative estimate of drug-likeness (QED) is 0.311. The number of esters is 1. The zero-order chi connectivity index (χ0) is 26.5. The summed E-state index contributed by atoms with van der Waals surface area (Å²) >= 11 is 0. The molecule has 36 heavy (non-hydrogen) atoms. The molecule has 0 radical (unpaired) electrons. The van der Waals surface area contributed by atoms with Crippen molar-refractivity contribution in [1.82, 2.24) is 14.8 Å². The molecule has 1 fully saturated rings. The van der Waals surface area contributed by atoms with Crippen LogP contribution in [0.25, 0.3) is 0 Å². The van der Waals surface area contributed by atoms with Crippen LogP contribution in [0.2, 0.25) is 0 Å². The minimum atomic E-state index is -0.655. The molecule has 0 aliphatic carbocycles. The van der Waals surface area contributed by atoms with Crippen molar-refractivity contribution in [2.75, 3.05) is 53.0 Å². The summed E-state index contributed by atoms with van der Waals surface area (Å²) in [5, 5.41) is 1.29. The average molecular weight is 502 g/mol. The number of hydrogen-bond acceptors (Lipinski definition) is 9. The SMILES string of the molecule is CC(C)OC(=O)C1=CN(C(=O)c2ccc(OCCN3CCOCC3)cc2)CC(C)(C)C(N)=C1N(C)N. The van der Waals surface area contributed by atoms with Gasteiger partial charge in [-0.3, -0.25) is 9.69 Å².